The van der Waals surface area contributed by atoms with Crippen molar-refractivity contribution in [3.63, 3.8) is 0 Å². The smallest absolute Gasteiger partial charge is 0.260 e. The lowest BCUT2D eigenvalue weighted by Gasteiger charge is -2.20. The molecule has 0 aliphatic rings. The molecule has 4 aromatic rings. The summed E-state index contributed by atoms with van der Waals surface area (Å²) in [5.74, 6) is 0.690. The molecule has 3 aromatic carbocycles. The number of nitrogens with zero attached hydrogens (tertiary/aromatic N) is 2. The lowest BCUT2D eigenvalue weighted by Crippen LogP contribution is -2.30. The first-order valence-electron chi connectivity index (χ1n) is 10.0. The molecule has 0 spiro atoms. The highest BCUT2D eigenvalue weighted by atomic mass is 32.1. The molecular weight excluding hydrogens is 392 g/mol. The van der Waals surface area contributed by atoms with Crippen LogP contribution in [0.15, 0.2) is 66.7 Å². The Morgan fingerprint density at radius 1 is 1.00 bits per heavy atom. The van der Waals surface area contributed by atoms with Crippen LogP contribution in [0.3, 0.4) is 0 Å². The van der Waals surface area contributed by atoms with Gasteiger partial charge in [0.15, 0.2) is 5.13 Å². The normalized spacial score (nSPS) is 10.9. The van der Waals surface area contributed by atoms with Crippen LogP contribution >= 0.6 is 11.3 Å². The van der Waals surface area contributed by atoms with Gasteiger partial charge in [-0.05, 0) is 61.7 Å². The van der Waals surface area contributed by atoms with Gasteiger partial charge in [0.2, 0.25) is 0 Å². The van der Waals surface area contributed by atoms with Crippen molar-refractivity contribution < 1.29 is 9.53 Å². The summed E-state index contributed by atoms with van der Waals surface area (Å²) in [6, 6.07) is 21.7. The van der Waals surface area contributed by atoms with Crippen LogP contribution in [0.4, 0.5) is 5.13 Å². The fourth-order valence-corrected chi connectivity index (χ4v) is 4.30. The van der Waals surface area contributed by atoms with Crippen molar-refractivity contribution in [3.8, 4) is 5.75 Å². The number of aryl methyl sites for hydroxylation is 2. The molecule has 0 aliphatic carbocycles. The Kier molecular flexibility index (Phi) is 5.81. The minimum absolute atomic E-state index is 0.0565. The third-order valence-corrected chi connectivity index (χ3v) is 6.13. The maximum absolute atomic E-state index is 13.6. The van der Waals surface area contributed by atoms with Crippen LogP contribution in [0, 0.1) is 13.8 Å². The molecule has 1 amide bonds. The van der Waals surface area contributed by atoms with Crippen molar-refractivity contribution in [1.29, 1.82) is 0 Å². The highest BCUT2D eigenvalue weighted by molar-refractivity contribution is 7.22. The van der Waals surface area contributed by atoms with Crippen LogP contribution in [0.25, 0.3) is 10.2 Å². The number of para-hydroxylation sites is 1. The van der Waals surface area contributed by atoms with Gasteiger partial charge in [0.1, 0.15) is 11.3 Å². The molecule has 0 fully saturated rings. The molecule has 4 nitrogen and oxygen atoms in total. The average Bonchev–Trinajstić information content (AvgIpc) is 3.19. The SMILES string of the molecule is CCOc1cccc2sc(N(Cc3ccccc3)C(=O)c3ccc(C)c(C)c3)nc12. The monoisotopic (exact) mass is 416 g/mol. The standard InChI is InChI=1S/C25H24N2O2S/c1-4-29-21-11-8-12-22-23(21)26-25(30-22)27(16-19-9-6-5-7-10-19)24(28)20-14-13-17(2)18(3)15-20/h5-15H,4,16H2,1-3H3. The fourth-order valence-electron chi connectivity index (χ4n) is 3.32. The van der Waals surface area contributed by atoms with Gasteiger partial charge in [0.25, 0.3) is 5.91 Å². The maximum Gasteiger partial charge on any atom is 0.260 e. The number of aromatic nitrogens is 1. The van der Waals surface area contributed by atoms with Crippen molar-refractivity contribution in [1.82, 2.24) is 4.98 Å². The average molecular weight is 417 g/mol. The zero-order chi connectivity index (χ0) is 21.1. The summed E-state index contributed by atoms with van der Waals surface area (Å²) in [4.78, 5) is 20.1. The Bertz CT molecular complexity index is 1180. The summed E-state index contributed by atoms with van der Waals surface area (Å²) >= 11 is 1.51. The van der Waals surface area contributed by atoms with E-state index in [0.717, 1.165) is 27.1 Å². The molecule has 1 heterocycles. The molecule has 0 N–H and O–H groups in total. The van der Waals surface area contributed by atoms with E-state index in [1.54, 1.807) is 4.90 Å². The van der Waals surface area contributed by atoms with Gasteiger partial charge in [-0.25, -0.2) is 4.98 Å². The predicted octanol–water partition coefficient (Wildman–Crippen LogP) is 6.16. The molecule has 1 aromatic heterocycles. The number of thiazole rings is 1. The molecule has 0 saturated heterocycles. The number of fused-ring (bicyclic) bond motifs is 1. The van der Waals surface area contributed by atoms with Gasteiger partial charge in [-0.2, -0.15) is 0 Å². The Labute approximate surface area is 180 Å². The van der Waals surface area contributed by atoms with Crippen LogP contribution in [0.5, 0.6) is 5.75 Å². The van der Waals surface area contributed by atoms with E-state index < -0.39 is 0 Å². The molecule has 0 atom stereocenters. The largest absolute Gasteiger partial charge is 0.492 e. The fraction of sp³-hybridized carbons (Fsp3) is 0.200. The molecule has 30 heavy (non-hydrogen) atoms. The first-order chi connectivity index (χ1) is 14.6. The summed E-state index contributed by atoms with van der Waals surface area (Å²) in [6.45, 7) is 7.06. The van der Waals surface area contributed by atoms with Crippen LogP contribution in [0.1, 0.15) is 34.0 Å². The van der Waals surface area contributed by atoms with Gasteiger partial charge in [-0.1, -0.05) is 53.8 Å². The van der Waals surface area contributed by atoms with Crippen LogP contribution in [0.2, 0.25) is 0 Å². The van der Waals surface area contributed by atoms with E-state index in [1.165, 1.54) is 16.9 Å². The minimum atomic E-state index is -0.0565. The number of ether oxygens (including phenoxy) is 1. The van der Waals surface area contributed by atoms with Crippen molar-refractivity contribution in [2.45, 2.75) is 27.3 Å². The van der Waals surface area contributed by atoms with E-state index in [0.29, 0.717) is 23.8 Å². The number of anilines is 1. The predicted molar refractivity (Wildman–Crippen MR) is 124 cm³/mol. The minimum Gasteiger partial charge on any atom is -0.492 e. The van der Waals surface area contributed by atoms with Crippen LogP contribution in [-0.4, -0.2) is 17.5 Å². The second-order valence-corrected chi connectivity index (χ2v) is 8.22. The van der Waals surface area contributed by atoms with Crippen LogP contribution in [-0.2, 0) is 6.54 Å². The topological polar surface area (TPSA) is 42.4 Å². The molecule has 0 radical (unpaired) electrons. The molecule has 152 valence electrons. The third kappa shape index (κ3) is 4.07. The number of amides is 1. The Balaban J connectivity index is 1.79. The van der Waals surface area contributed by atoms with E-state index in [9.17, 15) is 4.79 Å². The molecule has 5 heteroatoms. The number of hydrogen-bond acceptors (Lipinski definition) is 4. The third-order valence-electron chi connectivity index (χ3n) is 5.08. The quantitative estimate of drug-likeness (QED) is 0.378. The van der Waals surface area contributed by atoms with Crippen molar-refractivity contribution >= 4 is 32.6 Å². The van der Waals surface area contributed by atoms with E-state index in [4.69, 9.17) is 9.72 Å². The summed E-state index contributed by atoms with van der Waals surface area (Å²) in [5.41, 5.74) is 4.79. The molecular formula is C25H24N2O2S. The van der Waals surface area contributed by atoms with Crippen molar-refractivity contribution in [2.24, 2.45) is 0 Å². The molecule has 4 rings (SSSR count). The summed E-state index contributed by atoms with van der Waals surface area (Å²) in [7, 11) is 0. The van der Waals surface area contributed by atoms with Crippen molar-refractivity contribution in [2.75, 3.05) is 11.5 Å². The van der Waals surface area contributed by atoms with E-state index in [1.807, 2.05) is 87.5 Å². The lowest BCUT2D eigenvalue weighted by atomic mass is 10.1. The van der Waals surface area contributed by atoms with Crippen LogP contribution < -0.4 is 9.64 Å². The Hall–Kier alpha value is -3.18. The summed E-state index contributed by atoms with van der Waals surface area (Å²) in [6.07, 6.45) is 0. The molecule has 0 aliphatic heterocycles. The van der Waals surface area contributed by atoms with Gasteiger partial charge < -0.3 is 4.74 Å². The maximum atomic E-state index is 13.6. The summed E-state index contributed by atoms with van der Waals surface area (Å²) < 4.78 is 6.75. The Morgan fingerprint density at radius 2 is 1.80 bits per heavy atom. The van der Waals surface area contributed by atoms with Gasteiger partial charge >= 0.3 is 0 Å². The van der Waals surface area contributed by atoms with Gasteiger partial charge in [-0.3, -0.25) is 9.69 Å². The highest BCUT2D eigenvalue weighted by Gasteiger charge is 2.23. The zero-order valence-corrected chi connectivity index (χ0v) is 18.2. The van der Waals surface area contributed by atoms with Gasteiger partial charge in [-0.15, -0.1) is 0 Å². The number of carbonyl (C=O) groups is 1. The first-order valence-corrected chi connectivity index (χ1v) is 10.8. The lowest BCUT2D eigenvalue weighted by molar-refractivity contribution is 0.0985. The number of hydrogen-bond donors (Lipinski definition) is 0. The highest BCUT2D eigenvalue weighted by Crippen LogP contribution is 2.35. The molecule has 0 unspecified atom stereocenters. The van der Waals surface area contributed by atoms with Gasteiger partial charge in [0, 0.05) is 5.56 Å². The number of rotatable bonds is 6. The van der Waals surface area contributed by atoms with Crippen molar-refractivity contribution in [3.05, 3.63) is 89.0 Å². The van der Waals surface area contributed by atoms with E-state index >= 15 is 0 Å². The zero-order valence-electron chi connectivity index (χ0n) is 17.4. The number of carbonyl (C=O) groups excluding carboxylic acids is 1. The Morgan fingerprint density at radius 3 is 2.53 bits per heavy atom. The number of benzene rings is 3. The first kappa shape index (κ1) is 20.1. The second kappa shape index (κ2) is 8.67. The second-order valence-electron chi connectivity index (χ2n) is 7.21. The van der Waals surface area contributed by atoms with E-state index in [2.05, 4.69) is 0 Å². The van der Waals surface area contributed by atoms with E-state index in [-0.39, 0.29) is 5.91 Å². The summed E-state index contributed by atoms with van der Waals surface area (Å²) in [5, 5.41) is 0.671. The molecule has 0 bridgehead atoms. The van der Waals surface area contributed by atoms with Gasteiger partial charge in [0.05, 0.1) is 17.9 Å². The molecule has 0 saturated carbocycles.